The third-order valence-electron chi connectivity index (χ3n) is 3.13. The average Bonchev–Trinajstić information content (AvgIpc) is 2.59. The van der Waals surface area contributed by atoms with Gasteiger partial charge in [-0.15, -0.1) is 5.73 Å². The molecule has 0 atom stereocenters. The maximum atomic E-state index is 12.2. The van der Waals surface area contributed by atoms with Crippen LogP contribution in [0.4, 0.5) is 4.79 Å². The number of benzene rings is 1. The van der Waals surface area contributed by atoms with Gasteiger partial charge in [0.1, 0.15) is 6.61 Å². The van der Waals surface area contributed by atoms with Gasteiger partial charge in [-0.1, -0.05) is 63.4 Å². The summed E-state index contributed by atoms with van der Waals surface area (Å²) in [5.74, 6) is 0.907. The summed E-state index contributed by atoms with van der Waals surface area (Å²) in [5, 5.41) is 0. The predicted molar refractivity (Wildman–Crippen MR) is 98.0 cm³/mol. The number of carbonyl (C=O) groups excluding carboxylic acids is 1. The molecule has 0 N–H and O–H groups in total. The molecule has 1 aromatic rings. The first-order valence-corrected chi connectivity index (χ1v) is 9.26. The number of ether oxygens (including phenoxy) is 1. The highest BCUT2D eigenvalue weighted by Crippen LogP contribution is 2.16. The molecule has 1 amide bonds. The van der Waals surface area contributed by atoms with E-state index in [-0.39, 0.29) is 12.7 Å². The summed E-state index contributed by atoms with van der Waals surface area (Å²) in [7, 11) is 0. The van der Waals surface area contributed by atoms with Crippen molar-refractivity contribution < 1.29 is 9.53 Å². The van der Waals surface area contributed by atoms with E-state index in [0.717, 1.165) is 24.2 Å². The normalized spacial score (nSPS) is 9.83. The van der Waals surface area contributed by atoms with Crippen LogP contribution in [0, 0.1) is 0 Å². The van der Waals surface area contributed by atoms with Gasteiger partial charge in [-0.25, -0.2) is 9.10 Å². The van der Waals surface area contributed by atoms with Crippen molar-refractivity contribution in [3.63, 3.8) is 0 Å². The molecule has 126 valence electrons. The molecule has 0 radical (unpaired) electrons. The van der Waals surface area contributed by atoms with Crippen molar-refractivity contribution in [3.05, 3.63) is 53.9 Å². The Hall–Kier alpha value is -1.64. The molecule has 0 saturated heterocycles. The van der Waals surface area contributed by atoms with Crippen LogP contribution in [0.25, 0.3) is 0 Å². The first kappa shape index (κ1) is 19.4. The van der Waals surface area contributed by atoms with Gasteiger partial charge in [-0.3, -0.25) is 0 Å². The van der Waals surface area contributed by atoms with Crippen molar-refractivity contribution in [3.8, 4) is 0 Å². The van der Waals surface area contributed by atoms with E-state index in [1.165, 1.54) is 31.2 Å². The van der Waals surface area contributed by atoms with E-state index < -0.39 is 0 Å². The highest BCUT2D eigenvalue weighted by Gasteiger charge is 2.13. The lowest BCUT2D eigenvalue weighted by Gasteiger charge is -2.16. The number of allylic oxidation sites excluding steroid dienone is 1. The van der Waals surface area contributed by atoms with Gasteiger partial charge >= 0.3 is 6.09 Å². The number of nitrogens with zero attached hydrogens (tertiary/aromatic N) is 1. The zero-order valence-corrected chi connectivity index (χ0v) is 15.0. The minimum Gasteiger partial charge on any atom is -0.444 e. The van der Waals surface area contributed by atoms with E-state index in [0.29, 0.717) is 0 Å². The summed E-state index contributed by atoms with van der Waals surface area (Å²) < 4.78 is 6.92. The topological polar surface area (TPSA) is 29.5 Å². The lowest BCUT2D eigenvalue weighted by Crippen LogP contribution is -2.20. The summed E-state index contributed by atoms with van der Waals surface area (Å²) in [6, 6.07) is 9.72. The predicted octanol–water partition coefficient (Wildman–Crippen LogP) is 5.93. The zero-order valence-electron chi connectivity index (χ0n) is 14.2. The van der Waals surface area contributed by atoms with Crippen LogP contribution in [0.15, 0.2) is 48.3 Å². The first-order valence-electron chi connectivity index (χ1n) is 8.31. The second kappa shape index (κ2) is 12.9. The summed E-state index contributed by atoms with van der Waals surface area (Å²) in [4.78, 5) is 12.2. The maximum absolute atomic E-state index is 12.2. The molecule has 0 saturated carbocycles. The van der Waals surface area contributed by atoms with Gasteiger partial charge in [0.15, 0.2) is 0 Å². The molecule has 0 bridgehead atoms. The smallest absolute Gasteiger partial charge is 0.424 e. The van der Waals surface area contributed by atoms with Crippen LogP contribution in [0.3, 0.4) is 0 Å². The van der Waals surface area contributed by atoms with Crippen LogP contribution < -0.4 is 0 Å². The molecule has 0 aromatic heterocycles. The Kier molecular flexibility index (Phi) is 10.9. The lowest BCUT2D eigenvalue weighted by atomic mass is 10.2. The Bertz CT molecular complexity index is 495. The molecule has 0 fully saturated rings. The summed E-state index contributed by atoms with van der Waals surface area (Å²) >= 11 is 1.49. The summed E-state index contributed by atoms with van der Waals surface area (Å²) in [6.07, 6.45) is 8.88. The molecule has 4 heteroatoms. The number of carbonyl (C=O) groups is 1. The minimum atomic E-state index is -0.341. The van der Waals surface area contributed by atoms with Crippen LogP contribution in [0.2, 0.25) is 0 Å². The summed E-state index contributed by atoms with van der Waals surface area (Å²) in [5.41, 5.74) is 4.01. The van der Waals surface area contributed by atoms with E-state index in [9.17, 15) is 4.79 Å². The lowest BCUT2D eigenvalue weighted by molar-refractivity contribution is 0.129. The Labute approximate surface area is 144 Å². The Morgan fingerprint density at radius 2 is 2.00 bits per heavy atom. The van der Waals surface area contributed by atoms with Crippen molar-refractivity contribution in [1.29, 1.82) is 0 Å². The fourth-order valence-electron chi connectivity index (χ4n) is 1.86. The highest BCUT2D eigenvalue weighted by molar-refractivity contribution is 7.97. The standard InChI is InChI=1S/C19H27NO2S/c1-3-5-7-12-16-23-20(15-11-6-4-2)19(21)22-17-18-13-9-8-10-14-18/h6,8-10,13-15H,3-5,7,12,16-17H2,1-2H3. The number of amides is 1. The Morgan fingerprint density at radius 1 is 1.22 bits per heavy atom. The maximum Gasteiger partial charge on any atom is 0.424 e. The number of hydrogen-bond acceptors (Lipinski definition) is 3. The van der Waals surface area contributed by atoms with Crippen molar-refractivity contribution in [2.45, 2.75) is 52.6 Å². The average molecular weight is 333 g/mol. The van der Waals surface area contributed by atoms with Gasteiger partial charge in [0.2, 0.25) is 0 Å². The fourth-order valence-corrected chi connectivity index (χ4v) is 2.68. The van der Waals surface area contributed by atoms with Gasteiger partial charge in [-0.2, -0.15) is 0 Å². The van der Waals surface area contributed by atoms with E-state index >= 15 is 0 Å². The third-order valence-corrected chi connectivity index (χ3v) is 4.13. The van der Waals surface area contributed by atoms with Gasteiger partial charge in [0.25, 0.3) is 0 Å². The van der Waals surface area contributed by atoms with Crippen molar-refractivity contribution >= 4 is 18.0 Å². The van der Waals surface area contributed by atoms with Crippen LogP contribution in [-0.2, 0) is 11.3 Å². The number of hydrogen-bond donors (Lipinski definition) is 0. The first-order chi connectivity index (χ1) is 11.3. The molecule has 0 aliphatic rings. The summed E-state index contributed by atoms with van der Waals surface area (Å²) in [6.45, 7) is 4.52. The zero-order chi connectivity index (χ0) is 16.8. The van der Waals surface area contributed by atoms with E-state index in [4.69, 9.17) is 4.74 Å². The third kappa shape index (κ3) is 9.17. The van der Waals surface area contributed by atoms with Gasteiger partial charge in [0.05, 0.1) is 6.20 Å². The van der Waals surface area contributed by atoms with E-state index in [1.807, 2.05) is 43.3 Å². The van der Waals surface area contributed by atoms with Crippen molar-refractivity contribution in [1.82, 2.24) is 4.31 Å². The van der Waals surface area contributed by atoms with Gasteiger partial charge in [-0.05, 0) is 36.4 Å². The fraction of sp³-hybridized carbons (Fsp3) is 0.474. The Morgan fingerprint density at radius 3 is 2.70 bits per heavy atom. The van der Waals surface area contributed by atoms with Gasteiger partial charge < -0.3 is 4.74 Å². The molecule has 0 spiro atoms. The number of unbranched alkanes of at least 4 members (excludes halogenated alkanes) is 3. The molecule has 1 rings (SSSR count). The molecule has 0 aliphatic heterocycles. The van der Waals surface area contributed by atoms with Crippen LogP contribution in [0.5, 0.6) is 0 Å². The second-order valence-corrected chi connectivity index (χ2v) is 6.23. The minimum absolute atomic E-state index is 0.290. The molecule has 3 nitrogen and oxygen atoms in total. The molecule has 0 heterocycles. The van der Waals surface area contributed by atoms with E-state index in [1.54, 1.807) is 10.5 Å². The SMILES string of the molecule is CCC=C=CN(SCCCCCC)C(=O)OCc1ccccc1. The molecule has 0 aliphatic carbocycles. The van der Waals surface area contributed by atoms with Crippen molar-refractivity contribution in [2.24, 2.45) is 0 Å². The van der Waals surface area contributed by atoms with Gasteiger partial charge in [0, 0.05) is 5.75 Å². The highest BCUT2D eigenvalue weighted by atomic mass is 32.2. The van der Waals surface area contributed by atoms with Crippen LogP contribution in [0.1, 0.15) is 51.5 Å². The van der Waals surface area contributed by atoms with Crippen LogP contribution >= 0.6 is 11.9 Å². The largest absolute Gasteiger partial charge is 0.444 e. The number of rotatable bonds is 10. The van der Waals surface area contributed by atoms with Crippen LogP contribution in [-0.4, -0.2) is 16.2 Å². The molecular weight excluding hydrogens is 306 g/mol. The Balaban J connectivity index is 2.48. The molecule has 23 heavy (non-hydrogen) atoms. The van der Waals surface area contributed by atoms with E-state index in [2.05, 4.69) is 12.7 Å². The second-order valence-electron chi connectivity index (χ2n) is 5.17. The quantitative estimate of drug-likeness (QED) is 0.302. The molecular formula is C19H27NO2S. The molecule has 1 aromatic carbocycles. The monoisotopic (exact) mass is 333 g/mol. The molecule has 0 unspecified atom stereocenters. The van der Waals surface area contributed by atoms with Crippen molar-refractivity contribution in [2.75, 3.05) is 5.75 Å².